The molecule has 0 aliphatic heterocycles. The molecule has 2 aromatic carbocycles. The number of benzene rings is 2. The van der Waals surface area contributed by atoms with Crippen molar-refractivity contribution in [3.63, 3.8) is 0 Å². The standard InChI is InChI=1S/C19H17FN2O4/c1-21-19(25)14-6-4-7-15(11-14)22-17(23)12-26-18(24)10-9-13-5-2-3-8-16(13)20/h2-11H,12H2,1H3,(H,21,25)(H,22,23)/b10-9+. The molecule has 0 heterocycles. The smallest absolute Gasteiger partial charge is 0.331 e. The van der Waals surface area contributed by atoms with E-state index in [2.05, 4.69) is 10.6 Å². The minimum atomic E-state index is -0.775. The molecule has 26 heavy (non-hydrogen) atoms. The Labute approximate surface area is 149 Å². The number of anilines is 1. The van der Waals surface area contributed by atoms with Crippen LogP contribution in [0.3, 0.4) is 0 Å². The molecule has 0 aliphatic rings. The van der Waals surface area contributed by atoms with Gasteiger partial charge >= 0.3 is 5.97 Å². The predicted molar refractivity (Wildman–Crippen MR) is 94.9 cm³/mol. The highest BCUT2D eigenvalue weighted by atomic mass is 19.1. The van der Waals surface area contributed by atoms with Gasteiger partial charge in [-0.1, -0.05) is 24.3 Å². The molecule has 0 saturated heterocycles. The number of hydrogen-bond donors (Lipinski definition) is 2. The van der Waals surface area contributed by atoms with Gasteiger partial charge in [0.15, 0.2) is 6.61 Å². The van der Waals surface area contributed by atoms with Crippen LogP contribution < -0.4 is 10.6 Å². The van der Waals surface area contributed by atoms with Crippen molar-refractivity contribution in [1.82, 2.24) is 5.32 Å². The second-order valence-electron chi connectivity index (χ2n) is 5.17. The van der Waals surface area contributed by atoms with Gasteiger partial charge < -0.3 is 15.4 Å². The van der Waals surface area contributed by atoms with Gasteiger partial charge in [-0.3, -0.25) is 9.59 Å². The lowest BCUT2D eigenvalue weighted by molar-refractivity contribution is -0.142. The van der Waals surface area contributed by atoms with E-state index in [1.807, 2.05) is 0 Å². The van der Waals surface area contributed by atoms with Crippen molar-refractivity contribution in [3.8, 4) is 0 Å². The Bertz CT molecular complexity index is 849. The Morgan fingerprint density at radius 1 is 1.12 bits per heavy atom. The van der Waals surface area contributed by atoms with Gasteiger partial charge in [0.05, 0.1) is 0 Å². The summed E-state index contributed by atoms with van der Waals surface area (Å²) in [6.07, 6.45) is 2.31. The first-order valence-corrected chi connectivity index (χ1v) is 7.71. The summed E-state index contributed by atoms with van der Waals surface area (Å²) in [4.78, 5) is 35.0. The minimum Gasteiger partial charge on any atom is -0.452 e. The van der Waals surface area contributed by atoms with Crippen LogP contribution in [0.25, 0.3) is 6.08 Å². The zero-order valence-corrected chi connectivity index (χ0v) is 14.0. The summed E-state index contributed by atoms with van der Waals surface area (Å²) in [7, 11) is 1.50. The molecule has 0 unspecified atom stereocenters. The molecule has 2 N–H and O–H groups in total. The van der Waals surface area contributed by atoms with E-state index >= 15 is 0 Å². The van der Waals surface area contributed by atoms with E-state index < -0.39 is 24.3 Å². The second kappa shape index (κ2) is 9.12. The van der Waals surface area contributed by atoms with Gasteiger partial charge in [-0.15, -0.1) is 0 Å². The van der Waals surface area contributed by atoms with Gasteiger partial charge in [0, 0.05) is 29.9 Å². The largest absolute Gasteiger partial charge is 0.452 e. The van der Waals surface area contributed by atoms with Gasteiger partial charge in [-0.05, 0) is 30.3 Å². The van der Waals surface area contributed by atoms with Crippen molar-refractivity contribution < 1.29 is 23.5 Å². The van der Waals surface area contributed by atoms with E-state index in [0.717, 1.165) is 6.08 Å². The summed E-state index contributed by atoms with van der Waals surface area (Å²) in [6, 6.07) is 12.3. The average molecular weight is 356 g/mol. The van der Waals surface area contributed by atoms with Crippen LogP contribution in [0.15, 0.2) is 54.6 Å². The van der Waals surface area contributed by atoms with E-state index in [1.165, 1.54) is 37.4 Å². The summed E-state index contributed by atoms with van der Waals surface area (Å²) in [5.41, 5.74) is 1.02. The lowest BCUT2D eigenvalue weighted by atomic mass is 10.2. The molecule has 6 nitrogen and oxygen atoms in total. The average Bonchev–Trinajstić information content (AvgIpc) is 2.65. The highest BCUT2D eigenvalue weighted by Gasteiger charge is 2.08. The van der Waals surface area contributed by atoms with Crippen LogP contribution in [0.4, 0.5) is 10.1 Å². The van der Waals surface area contributed by atoms with Gasteiger partial charge in [-0.25, -0.2) is 9.18 Å². The van der Waals surface area contributed by atoms with Crippen LogP contribution >= 0.6 is 0 Å². The first-order chi connectivity index (χ1) is 12.5. The molecule has 2 aromatic rings. The maximum absolute atomic E-state index is 13.4. The van der Waals surface area contributed by atoms with Crippen molar-refractivity contribution in [2.75, 3.05) is 19.0 Å². The molecule has 134 valence electrons. The van der Waals surface area contributed by atoms with Crippen LogP contribution in [0.2, 0.25) is 0 Å². The van der Waals surface area contributed by atoms with Crippen LogP contribution in [-0.4, -0.2) is 31.4 Å². The third kappa shape index (κ3) is 5.55. The van der Waals surface area contributed by atoms with Gasteiger partial charge in [0.25, 0.3) is 11.8 Å². The predicted octanol–water partition coefficient (Wildman–Crippen LogP) is 2.38. The zero-order valence-electron chi connectivity index (χ0n) is 14.0. The summed E-state index contributed by atoms with van der Waals surface area (Å²) in [5.74, 6) is -2.09. The number of carbonyl (C=O) groups is 3. The maximum Gasteiger partial charge on any atom is 0.331 e. The topological polar surface area (TPSA) is 84.5 Å². The maximum atomic E-state index is 13.4. The van der Waals surface area contributed by atoms with Crippen molar-refractivity contribution in [2.24, 2.45) is 0 Å². The number of amides is 2. The lowest BCUT2D eigenvalue weighted by Crippen LogP contribution is -2.21. The number of nitrogens with one attached hydrogen (secondary N) is 2. The first-order valence-electron chi connectivity index (χ1n) is 7.71. The molecule has 0 radical (unpaired) electrons. The third-order valence-electron chi connectivity index (χ3n) is 3.29. The van der Waals surface area contributed by atoms with Crippen LogP contribution in [0.1, 0.15) is 15.9 Å². The van der Waals surface area contributed by atoms with Crippen molar-refractivity contribution >= 4 is 29.5 Å². The first kappa shape index (κ1) is 18.9. The highest BCUT2D eigenvalue weighted by molar-refractivity contribution is 5.98. The van der Waals surface area contributed by atoms with E-state index in [1.54, 1.807) is 24.3 Å². The number of hydrogen-bond acceptors (Lipinski definition) is 4. The van der Waals surface area contributed by atoms with E-state index in [0.29, 0.717) is 11.3 Å². The summed E-state index contributed by atoms with van der Waals surface area (Å²) in [6.45, 7) is -0.509. The SMILES string of the molecule is CNC(=O)c1cccc(NC(=O)COC(=O)/C=C/c2ccccc2F)c1. The molecule has 0 aliphatic carbocycles. The monoisotopic (exact) mass is 356 g/mol. The summed E-state index contributed by atoms with van der Waals surface area (Å²) >= 11 is 0. The number of carbonyl (C=O) groups excluding carboxylic acids is 3. The van der Waals surface area contributed by atoms with Gasteiger partial charge in [0.2, 0.25) is 0 Å². The fourth-order valence-electron chi connectivity index (χ4n) is 2.03. The Kier molecular flexibility index (Phi) is 6.61. The van der Waals surface area contributed by atoms with E-state index in [-0.39, 0.29) is 11.5 Å². The summed E-state index contributed by atoms with van der Waals surface area (Å²) < 4.78 is 18.2. The van der Waals surface area contributed by atoms with Crippen LogP contribution in [-0.2, 0) is 14.3 Å². The molecule has 2 rings (SSSR count). The molecule has 2 amide bonds. The molecule has 0 aromatic heterocycles. The highest BCUT2D eigenvalue weighted by Crippen LogP contribution is 2.11. The van der Waals surface area contributed by atoms with Gasteiger partial charge in [-0.2, -0.15) is 0 Å². The van der Waals surface area contributed by atoms with E-state index in [4.69, 9.17) is 4.74 Å². The summed E-state index contributed by atoms with van der Waals surface area (Å²) in [5, 5.41) is 5.00. The fraction of sp³-hybridized carbons (Fsp3) is 0.105. The fourth-order valence-corrected chi connectivity index (χ4v) is 2.03. The molecule has 0 atom stereocenters. The second-order valence-corrected chi connectivity index (χ2v) is 5.17. The molecule has 0 fully saturated rings. The Morgan fingerprint density at radius 3 is 2.62 bits per heavy atom. The number of ether oxygens (including phenoxy) is 1. The molecule has 0 bridgehead atoms. The molecular formula is C19H17FN2O4. The molecule has 0 spiro atoms. The Balaban J connectivity index is 1.86. The molecule has 0 saturated carbocycles. The Hall–Kier alpha value is -3.48. The molecular weight excluding hydrogens is 339 g/mol. The zero-order chi connectivity index (χ0) is 18.9. The quantitative estimate of drug-likeness (QED) is 0.615. The minimum absolute atomic E-state index is 0.236. The normalized spacial score (nSPS) is 10.4. The number of esters is 1. The lowest BCUT2D eigenvalue weighted by Gasteiger charge is -2.07. The van der Waals surface area contributed by atoms with E-state index in [9.17, 15) is 18.8 Å². The van der Waals surface area contributed by atoms with Crippen molar-refractivity contribution in [1.29, 1.82) is 0 Å². The van der Waals surface area contributed by atoms with Gasteiger partial charge in [0.1, 0.15) is 5.82 Å². The Morgan fingerprint density at radius 2 is 1.88 bits per heavy atom. The number of rotatable bonds is 6. The number of halogens is 1. The van der Waals surface area contributed by atoms with Crippen LogP contribution in [0.5, 0.6) is 0 Å². The molecule has 7 heteroatoms. The third-order valence-corrected chi connectivity index (χ3v) is 3.29. The van der Waals surface area contributed by atoms with Crippen molar-refractivity contribution in [3.05, 3.63) is 71.6 Å². The van der Waals surface area contributed by atoms with Crippen LogP contribution in [0, 0.1) is 5.82 Å². The van der Waals surface area contributed by atoms with Crippen molar-refractivity contribution in [2.45, 2.75) is 0 Å².